The Morgan fingerprint density at radius 1 is 1.12 bits per heavy atom. The van der Waals surface area contributed by atoms with Crippen LogP contribution in [0.2, 0.25) is 0 Å². The summed E-state index contributed by atoms with van der Waals surface area (Å²) in [4.78, 5) is 14.9. The van der Waals surface area contributed by atoms with Crippen LogP contribution in [0.4, 0.5) is 11.6 Å². The summed E-state index contributed by atoms with van der Waals surface area (Å²) in [7, 11) is -1.41. The minimum atomic E-state index is -3.60. The van der Waals surface area contributed by atoms with E-state index >= 15 is 0 Å². The molecule has 186 valence electrons. The van der Waals surface area contributed by atoms with Crippen molar-refractivity contribution in [2.45, 2.75) is 38.9 Å². The van der Waals surface area contributed by atoms with Gasteiger partial charge in [0.2, 0.25) is 15.9 Å². The second-order valence-electron chi connectivity index (χ2n) is 9.69. The van der Waals surface area contributed by atoms with Crippen LogP contribution in [0.5, 0.6) is 0 Å². The Balaban J connectivity index is 1.96. The molecule has 12 heteroatoms. The smallest absolute Gasteiger partial charge is 0.440 e. The maximum Gasteiger partial charge on any atom is 0.497 e. The zero-order chi connectivity index (χ0) is 25.1. The monoisotopic (exact) mass is 493 g/mol. The van der Waals surface area contributed by atoms with E-state index in [4.69, 9.17) is 18.5 Å². The van der Waals surface area contributed by atoms with Gasteiger partial charge in [0.05, 0.1) is 36.4 Å². The van der Waals surface area contributed by atoms with E-state index in [-0.39, 0.29) is 5.91 Å². The molecule has 1 aromatic heterocycles. The summed E-state index contributed by atoms with van der Waals surface area (Å²) in [6.45, 7) is 9.89. The summed E-state index contributed by atoms with van der Waals surface area (Å²) in [5.74, 6) is 0.126. The van der Waals surface area contributed by atoms with E-state index in [0.29, 0.717) is 59.9 Å². The summed E-state index contributed by atoms with van der Waals surface area (Å²) in [5, 5.41) is 3.24. The molecule has 3 heterocycles. The number of benzene rings is 1. The van der Waals surface area contributed by atoms with Crippen LogP contribution in [0.15, 0.2) is 16.5 Å². The summed E-state index contributed by atoms with van der Waals surface area (Å²) in [6.07, 6.45) is 1.13. The van der Waals surface area contributed by atoms with E-state index < -0.39 is 28.3 Å². The lowest BCUT2D eigenvalue weighted by atomic mass is 9.77. The Labute approximate surface area is 200 Å². The van der Waals surface area contributed by atoms with Crippen molar-refractivity contribution in [1.29, 1.82) is 0 Å². The second kappa shape index (κ2) is 8.44. The van der Waals surface area contributed by atoms with E-state index in [9.17, 15) is 13.2 Å². The van der Waals surface area contributed by atoms with Gasteiger partial charge in [0, 0.05) is 44.1 Å². The molecule has 2 aliphatic rings. The molecule has 1 aromatic carbocycles. The molecular weight excluding hydrogens is 461 g/mol. The number of carbonyl (C=O) groups excluding carboxylic acids is 1. The maximum atomic E-state index is 13.0. The fraction of sp³-hybridized carbons (Fsp3) is 0.591. The lowest BCUT2D eigenvalue weighted by molar-refractivity contribution is 0.00578. The van der Waals surface area contributed by atoms with E-state index in [1.807, 2.05) is 32.6 Å². The molecule has 2 aromatic rings. The van der Waals surface area contributed by atoms with E-state index in [0.717, 1.165) is 6.26 Å². The van der Waals surface area contributed by atoms with Crippen LogP contribution in [0.1, 0.15) is 38.1 Å². The van der Waals surface area contributed by atoms with Gasteiger partial charge in [-0.25, -0.2) is 8.42 Å². The summed E-state index contributed by atoms with van der Waals surface area (Å²) in [6, 6.07) is 3.37. The molecule has 0 aliphatic carbocycles. The average Bonchev–Trinajstić information content (AvgIpc) is 3.24. The van der Waals surface area contributed by atoms with Crippen LogP contribution >= 0.6 is 0 Å². The lowest BCUT2D eigenvalue weighted by Crippen LogP contribution is -2.41. The number of carbonyl (C=O) groups is 1. The number of sulfonamides is 1. The minimum Gasteiger partial charge on any atom is -0.440 e. The third-order valence-electron chi connectivity index (χ3n) is 6.92. The quantitative estimate of drug-likeness (QED) is 0.622. The standard InChI is InChI=1S/C22H32BN3O7S/c1-21(2)22(3,4)33-23(32-21)15-12-14-17(13-16(15)25(6)34(7,28)29)31-20(18(14)19(27)24-5)26-8-10-30-11-9-26/h12-13H,8-11H2,1-7H3,(H,24,27). The summed E-state index contributed by atoms with van der Waals surface area (Å²) >= 11 is 0. The van der Waals surface area contributed by atoms with Crippen LogP contribution in [0.25, 0.3) is 11.0 Å². The van der Waals surface area contributed by atoms with E-state index in [1.165, 1.54) is 11.4 Å². The van der Waals surface area contributed by atoms with Gasteiger partial charge in [-0.05, 0) is 33.8 Å². The summed E-state index contributed by atoms with van der Waals surface area (Å²) < 4.78 is 50.3. The number of amides is 1. The van der Waals surface area contributed by atoms with Crippen LogP contribution < -0.4 is 20.0 Å². The topological polar surface area (TPSA) is 111 Å². The molecule has 0 unspecified atom stereocenters. The number of morpholine rings is 1. The van der Waals surface area contributed by atoms with E-state index in [2.05, 4.69) is 5.32 Å². The third-order valence-corrected chi connectivity index (χ3v) is 8.11. The molecule has 0 radical (unpaired) electrons. The fourth-order valence-corrected chi connectivity index (χ4v) is 4.60. The first-order valence-corrected chi connectivity index (χ1v) is 13.1. The van der Waals surface area contributed by atoms with Gasteiger partial charge in [-0.1, -0.05) is 0 Å². The Morgan fingerprint density at radius 3 is 2.24 bits per heavy atom. The summed E-state index contributed by atoms with van der Waals surface area (Å²) in [5.41, 5.74) is 0.369. The van der Waals surface area contributed by atoms with Crippen molar-refractivity contribution in [2.75, 3.05) is 55.9 Å². The van der Waals surface area contributed by atoms with Gasteiger partial charge in [-0.2, -0.15) is 0 Å². The largest absolute Gasteiger partial charge is 0.497 e. The number of hydrogen-bond acceptors (Lipinski definition) is 8. The van der Waals surface area contributed by atoms with Gasteiger partial charge in [0.15, 0.2) is 0 Å². The first-order valence-electron chi connectivity index (χ1n) is 11.2. The molecule has 0 bridgehead atoms. The van der Waals surface area contributed by atoms with Gasteiger partial charge in [0.25, 0.3) is 5.91 Å². The van der Waals surface area contributed by atoms with E-state index in [1.54, 1.807) is 19.2 Å². The number of anilines is 2. The van der Waals surface area contributed by atoms with Gasteiger partial charge in [0.1, 0.15) is 11.1 Å². The molecule has 2 aliphatic heterocycles. The zero-order valence-electron chi connectivity index (χ0n) is 20.7. The van der Waals surface area contributed by atoms with Crippen molar-refractivity contribution in [2.24, 2.45) is 0 Å². The van der Waals surface area contributed by atoms with Crippen LogP contribution in [-0.2, 0) is 24.1 Å². The predicted molar refractivity (Wildman–Crippen MR) is 132 cm³/mol. The first kappa shape index (κ1) is 24.8. The Kier molecular flexibility index (Phi) is 6.16. The number of rotatable bonds is 5. The van der Waals surface area contributed by atoms with Crippen molar-refractivity contribution >= 4 is 51.1 Å². The highest BCUT2D eigenvalue weighted by molar-refractivity contribution is 7.92. The first-order chi connectivity index (χ1) is 15.8. The average molecular weight is 493 g/mol. The molecule has 10 nitrogen and oxygen atoms in total. The molecule has 4 rings (SSSR count). The number of nitrogens with one attached hydrogen (secondary N) is 1. The second-order valence-corrected chi connectivity index (χ2v) is 11.7. The highest BCUT2D eigenvalue weighted by Gasteiger charge is 2.52. The SMILES string of the molecule is CNC(=O)c1c(N2CCOCC2)oc2cc(N(C)S(C)(=O)=O)c(B3OC(C)(C)C(C)(C)O3)cc12. The normalized spacial score (nSPS) is 20.1. The van der Waals surface area contributed by atoms with Crippen molar-refractivity contribution < 1.29 is 31.7 Å². The molecule has 34 heavy (non-hydrogen) atoms. The molecule has 0 saturated carbocycles. The molecular formula is C22H32BN3O7S. The maximum absolute atomic E-state index is 13.0. The number of nitrogens with zero attached hydrogens (tertiary/aromatic N) is 2. The molecule has 1 N–H and O–H groups in total. The predicted octanol–water partition coefficient (Wildman–Crippen LogP) is 1.32. The Bertz CT molecular complexity index is 1200. The van der Waals surface area contributed by atoms with Crippen LogP contribution in [0, 0.1) is 0 Å². The van der Waals surface area contributed by atoms with Crippen molar-refractivity contribution in [3.8, 4) is 0 Å². The molecule has 0 spiro atoms. The molecule has 2 saturated heterocycles. The highest BCUT2D eigenvalue weighted by atomic mass is 32.2. The lowest BCUT2D eigenvalue weighted by Gasteiger charge is -2.32. The number of ether oxygens (including phenoxy) is 1. The Morgan fingerprint density at radius 2 is 1.71 bits per heavy atom. The van der Waals surface area contributed by atoms with Crippen molar-refractivity contribution in [1.82, 2.24) is 5.32 Å². The van der Waals surface area contributed by atoms with Crippen LogP contribution in [0.3, 0.4) is 0 Å². The highest BCUT2D eigenvalue weighted by Crippen LogP contribution is 2.39. The van der Waals surface area contributed by atoms with Crippen molar-refractivity contribution in [3.63, 3.8) is 0 Å². The molecule has 2 fully saturated rings. The minimum absolute atomic E-state index is 0.302. The fourth-order valence-electron chi connectivity index (χ4n) is 4.08. The zero-order valence-corrected chi connectivity index (χ0v) is 21.5. The molecule has 1 amide bonds. The number of hydrogen-bond donors (Lipinski definition) is 1. The van der Waals surface area contributed by atoms with Crippen molar-refractivity contribution in [3.05, 3.63) is 17.7 Å². The Hall–Kier alpha value is -2.28. The van der Waals surface area contributed by atoms with Crippen LogP contribution in [-0.4, -0.2) is 79.3 Å². The van der Waals surface area contributed by atoms with Gasteiger partial charge >= 0.3 is 7.12 Å². The van der Waals surface area contributed by atoms with Gasteiger partial charge in [-0.3, -0.25) is 9.10 Å². The van der Waals surface area contributed by atoms with Gasteiger partial charge in [-0.15, -0.1) is 0 Å². The number of furan rings is 1. The molecule has 0 atom stereocenters. The van der Waals surface area contributed by atoms with Gasteiger partial charge < -0.3 is 28.7 Å². The third kappa shape index (κ3) is 4.17. The number of fused-ring (bicyclic) bond motifs is 1.